The summed E-state index contributed by atoms with van der Waals surface area (Å²) in [4.78, 5) is 4.85. The molecule has 3 heteroatoms. The van der Waals surface area contributed by atoms with Gasteiger partial charge in [0.2, 0.25) is 0 Å². The number of nitrogens with zero attached hydrogens (tertiary/aromatic N) is 2. The molecule has 2 nitrogen and oxygen atoms in total. The monoisotopic (exact) mass is 576 g/mol. The highest BCUT2D eigenvalue weighted by atomic mass is 32.1. The minimum Gasteiger partial charge on any atom is -0.308 e. The molecule has 0 radical (unpaired) electrons. The fourth-order valence-electron chi connectivity index (χ4n) is 8.12. The van der Waals surface area contributed by atoms with Crippen LogP contribution in [0.25, 0.3) is 69.5 Å². The molecule has 0 N–H and O–H groups in total. The topological polar surface area (TPSA) is 17.3 Å². The Kier molecular flexibility index (Phi) is 5.51. The van der Waals surface area contributed by atoms with Crippen molar-refractivity contribution in [3.63, 3.8) is 0 Å². The molecule has 0 atom stereocenters. The molecule has 4 heterocycles. The quantitative estimate of drug-likeness (QED) is 0.204. The molecular weight excluding hydrogens is 541 g/mol. The van der Waals surface area contributed by atoms with Crippen LogP contribution >= 0.6 is 11.3 Å². The van der Waals surface area contributed by atoms with Crippen LogP contribution in [-0.4, -0.2) is 9.38 Å². The van der Waals surface area contributed by atoms with E-state index in [9.17, 15) is 0 Å². The van der Waals surface area contributed by atoms with Gasteiger partial charge >= 0.3 is 0 Å². The zero-order chi connectivity index (χ0) is 28.9. The molecule has 212 valence electrons. The smallest absolute Gasteiger partial charge is 0.0704 e. The fraction of sp³-hybridized carbons (Fsp3) is 0.275. The predicted molar refractivity (Wildman–Crippen MR) is 186 cm³/mol. The minimum absolute atomic E-state index is 0.236. The minimum atomic E-state index is 0.236. The molecule has 1 aliphatic carbocycles. The lowest BCUT2D eigenvalue weighted by molar-refractivity contribution is 0.411. The first-order valence-corrected chi connectivity index (χ1v) is 16.7. The Balaban J connectivity index is 1.37. The summed E-state index contributed by atoms with van der Waals surface area (Å²) in [6.07, 6.45) is 9.73. The van der Waals surface area contributed by atoms with Crippen molar-refractivity contribution >= 4 is 69.6 Å². The van der Waals surface area contributed by atoms with Crippen molar-refractivity contribution in [3.05, 3.63) is 96.2 Å². The first-order valence-electron chi connectivity index (χ1n) is 15.9. The molecule has 1 aliphatic rings. The SMILES string of the molecule is CC(C)(C)Cc1ccnc(-c2ccc3c(c2)c2c4sc5ccccc5c4cc4c5c(CC6CCCC6)cccc5n3c42)c1. The first kappa shape index (κ1) is 25.5. The molecule has 0 amide bonds. The standard InChI is InChI=1S/C40H36N2S/c1-40(2,3)23-25-17-18-41-32(20-25)26-15-16-33-30(21-26)37-38-31(22-29-28-12-6-7-14-35(28)43-39(29)37)36-27(19-24-9-4-5-10-24)11-8-13-34(36)42(33)38/h6-8,11-18,20-22,24H,4-5,9-10,19,23H2,1-3H3. The number of rotatable bonds is 4. The van der Waals surface area contributed by atoms with Crippen LogP contribution in [0.15, 0.2) is 85.1 Å². The van der Waals surface area contributed by atoms with Gasteiger partial charge in [-0.1, -0.05) is 82.9 Å². The third-order valence-corrected chi connectivity index (χ3v) is 11.1. The van der Waals surface area contributed by atoms with Crippen LogP contribution in [-0.2, 0) is 12.8 Å². The van der Waals surface area contributed by atoms with Crippen molar-refractivity contribution in [3.8, 4) is 11.3 Å². The molecule has 1 fully saturated rings. The fourth-order valence-corrected chi connectivity index (χ4v) is 9.36. The lowest BCUT2D eigenvalue weighted by atomic mass is 9.88. The molecule has 43 heavy (non-hydrogen) atoms. The van der Waals surface area contributed by atoms with Crippen LogP contribution in [0.4, 0.5) is 0 Å². The molecule has 0 unspecified atom stereocenters. The number of pyridine rings is 1. The van der Waals surface area contributed by atoms with Crippen molar-refractivity contribution in [2.45, 2.75) is 59.3 Å². The van der Waals surface area contributed by atoms with Crippen molar-refractivity contribution in [2.75, 3.05) is 0 Å². The van der Waals surface area contributed by atoms with Crippen LogP contribution in [0.1, 0.15) is 57.6 Å². The summed E-state index contributed by atoms with van der Waals surface area (Å²) in [5.74, 6) is 0.813. The molecule has 8 aromatic rings. The zero-order valence-corrected chi connectivity index (χ0v) is 26.0. The Bertz CT molecular complexity index is 2340. The van der Waals surface area contributed by atoms with Gasteiger partial charge in [-0.2, -0.15) is 0 Å². The Morgan fingerprint density at radius 1 is 0.791 bits per heavy atom. The van der Waals surface area contributed by atoms with E-state index in [-0.39, 0.29) is 5.41 Å². The average Bonchev–Trinajstić information content (AvgIpc) is 3.77. The first-order chi connectivity index (χ1) is 20.9. The van der Waals surface area contributed by atoms with Crippen LogP contribution < -0.4 is 0 Å². The van der Waals surface area contributed by atoms with Crippen molar-refractivity contribution < 1.29 is 0 Å². The van der Waals surface area contributed by atoms with Crippen LogP contribution in [0.5, 0.6) is 0 Å². The molecule has 0 bridgehead atoms. The molecule has 0 aliphatic heterocycles. The van der Waals surface area contributed by atoms with Gasteiger partial charge in [-0.25, -0.2) is 0 Å². The van der Waals surface area contributed by atoms with E-state index in [4.69, 9.17) is 4.98 Å². The zero-order valence-electron chi connectivity index (χ0n) is 25.2. The highest BCUT2D eigenvalue weighted by Crippen LogP contribution is 2.49. The lowest BCUT2D eigenvalue weighted by Crippen LogP contribution is -2.09. The van der Waals surface area contributed by atoms with Crippen molar-refractivity contribution in [2.24, 2.45) is 11.3 Å². The number of hydrogen-bond acceptors (Lipinski definition) is 2. The highest BCUT2D eigenvalue weighted by molar-refractivity contribution is 7.26. The normalized spacial score (nSPS) is 15.0. The van der Waals surface area contributed by atoms with Crippen LogP contribution in [0, 0.1) is 11.3 Å². The van der Waals surface area contributed by atoms with Gasteiger partial charge in [0.25, 0.3) is 0 Å². The third-order valence-electron chi connectivity index (χ3n) is 9.85. The Morgan fingerprint density at radius 3 is 2.51 bits per heavy atom. The molecule has 0 saturated heterocycles. The summed E-state index contributed by atoms with van der Waals surface area (Å²) in [7, 11) is 0. The van der Waals surface area contributed by atoms with E-state index in [1.807, 2.05) is 17.5 Å². The van der Waals surface area contributed by atoms with E-state index in [2.05, 4.69) is 104 Å². The Morgan fingerprint density at radius 2 is 1.65 bits per heavy atom. The van der Waals surface area contributed by atoms with E-state index in [1.165, 1.54) is 107 Å². The van der Waals surface area contributed by atoms with Crippen molar-refractivity contribution in [1.82, 2.24) is 9.38 Å². The number of fused-ring (bicyclic) bond motifs is 10. The van der Waals surface area contributed by atoms with Gasteiger partial charge < -0.3 is 4.40 Å². The third kappa shape index (κ3) is 3.94. The van der Waals surface area contributed by atoms with E-state index in [0.717, 1.165) is 18.0 Å². The van der Waals surface area contributed by atoms with E-state index >= 15 is 0 Å². The lowest BCUT2D eigenvalue weighted by Gasteiger charge is -2.18. The van der Waals surface area contributed by atoms with Gasteiger partial charge in [-0.05, 0) is 77.8 Å². The molecule has 1 saturated carbocycles. The van der Waals surface area contributed by atoms with Gasteiger partial charge in [0.05, 0.1) is 22.2 Å². The molecule has 0 spiro atoms. The van der Waals surface area contributed by atoms with E-state index in [1.54, 1.807) is 0 Å². The molecule has 9 rings (SSSR count). The maximum Gasteiger partial charge on any atom is 0.0704 e. The van der Waals surface area contributed by atoms with Gasteiger partial charge in [-0.3, -0.25) is 4.98 Å². The summed E-state index contributed by atoms with van der Waals surface area (Å²) in [5.41, 5.74) is 9.40. The number of benzene rings is 4. The molecule has 4 aromatic carbocycles. The maximum atomic E-state index is 4.85. The van der Waals surface area contributed by atoms with E-state index < -0.39 is 0 Å². The van der Waals surface area contributed by atoms with Crippen molar-refractivity contribution in [1.29, 1.82) is 0 Å². The summed E-state index contributed by atoms with van der Waals surface area (Å²) in [6, 6.07) is 30.0. The summed E-state index contributed by atoms with van der Waals surface area (Å²) < 4.78 is 5.34. The van der Waals surface area contributed by atoms with Crippen LogP contribution in [0.3, 0.4) is 0 Å². The second-order valence-electron chi connectivity index (χ2n) is 14.1. The number of thiophene rings is 1. The maximum absolute atomic E-state index is 4.85. The Hall–Kier alpha value is -3.95. The summed E-state index contributed by atoms with van der Waals surface area (Å²) in [5, 5.41) is 8.38. The number of hydrogen-bond donors (Lipinski definition) is 0. The largest absolute Gasteiger partial charge is 0.308 e. The summed E-state index contributed by atoms with van der Waals surface area (Å²) in [6.45, 7) is 6.91. The van der Waals surface area contributed by atoms with Gasteiger partial charge in [0.15, 0.2) is 0 Å². The number of aromatic nitrogens is 2. The van der Waals surface area contributed by atoms with Gasteiger partial charge in [0, 0.05) is 53.5 Å². The van der Waals surface area contributed by atoms with E-state index in [0.29, 0.717) is 0 Å². The summed E-state index contributed by atoms with van der Waals surface area (Å²) >= 11 is 1.95. The second-order valence-corrected chi connectivity index (χ2v) is 15.2. The Labute approximate surface area is 256 Å². The second kappa shape index (κ2) is 9.27. The highest BCUT2D eigenvalue weighted by Gasteiger charge is 2.25. The molecular formula is C40H36N2S. The predicted octanol–water partition coefficient (Wildman–Crippen LogP) is 11.6. The average molecular weight is 577 g/mol. The van der Waals surface area contributed by atoms with Crippen LogP contribution in [0.2, 0.25) is 0 Å². The molecule has 4 aromatic heterocycles. The van der Waals surface area contributed by atoms with Gasteiger partial charge in [0.1, 0.15) is 0 Å². The van der Waals surface area contributed by atoms with Gasteiger partial charge in [-0.15, -0.1) is 11.3 Å².